The van der Waals surface area contributed by atoms with Gasteiger partial charge in [0.05, 0.1) is 5.69 Å². The maximum Gasteiger partial charge on any atom is 0.126 e. The van der Waals surface area contributed by atoms with Crippen LogP contribution in [-0.4, -0.2) is 28.0 Å². The maximum atomic E-state index is 9.44. The number of aliphatic hydroxyl groups excluding tert-OH is 1. The Balaban J connectivity index is -0.0000000949. The minimum absolute atomic E-state index is 0. The van der Waals surface area contributed by atoms with Crippen molar-refractivity contribution in [1.82, 2.24) is 9.97 Å². The van der Waals surface area contributed by atoms with E-state index in [1.165, 1.54) is 19.4 Å². The summed E-state index contributed by atoms with van der Waals surface area (Å²) in [5, 5.41) is 7.00. The molecule has 0 atom stereocenters. The van der Waals surface area contributed by atoms with Crippen LogP contribution in [0.1, 0.15) is 47.6 Å². The van der Waals surface area contributed by atoms with Gasteiger partial charge in [0, 0.05) is 59.4 Å². The molecule has 5 nitrogen and oxygen atoms in total. The van der Waals surface area contributed by atoms with E-state index in [-0.39, 0.29) is 31.8 Å². The number of rotatable bonds is 2. The minimum atomic E-state index is 0. The zero-order valence-corrected chi connectivity index (χ0v) is 22.1. The molecular weight excluding hydrogens is 537 g/mol. The molecule has 2 rings (SSSR count). The Kier molecular flexibility index (Phi) is 36.5. The molecule has 0 unspecified atom stereocenters. The van der Waals surface area contributed by atoms with E-state index < -0.39 is 0 Å². The van der Waals surface area contributed by atoms with Gasteiger partial charge in [-0.05, 0) is 75.7 Å². The van der Waals surface area contributed by atoms with E-state index in [2.05, 4.69) is 68.7 Å². The molecular formula is C21H36Br2N3O2V-. The van der Waals surface area contributed by atoms with Crippen LogP contribution in [0.3, 0.4) is 0 Å². The predicted molar refractivity (Wildman–Crippen MR) is 129 cm³/mol. The summed E-state index contributed by atoms with van der Waals surface area (Å²) < 4.78 is 1.98. The van der Waals surface area contributed by atoms with E-state index >= 15 is 0 Å². The number of nitrogens with two attached hydrogens (primary N) is 1. The fourth-order valence-corrected chi connectivity index (χ4v) is 2.26. The molecule has 2 heterocycles. The van der Waals surface area contributed by atoms with E-state index in [4.69, 9.17) is 10.8 Å². The number of ketones is 1. The minimum Gasteiger partial charge on any atom is -0.400 e. The second-order valence-corrected chi connectivity index (χ2v) is 7.29. The predicted octanol–water partition coefficient (Wildman–Crippen LogP) is 6.15. The molecule has 2 aromatic rings. The Morgan fingerprint density at radius 3 is 1.69 bits per heavy atom. The van der Waals surface area contributed by atoms with E-state index in [9.17, 15) is 4.79 Å². The maximum absolute atomic E-state index is 9.44. The number of pyridine rings is 2. The number of hydrogen-bond donors (Lipinski definition) is 2. The Hall–Kier alpha value is -0.726. The molecule has 0 spiro atoms. The number of hydrogen-bond acceptors (Lipinski definition) is 5. The van der Waals surface area contributed by atoms with Crippen molar-refractivity contribution >= 4 is 43.3 Å². The van der Waals surface area contributed by atoms with Crippen molar-refractivity contribution in [2.24, 2.45) is 5.92 Å². The van der Waals surface area contributed by atoms with Crippen LogP contribution < -0.4 is 5.73 Å². The summed E-state index contributed by atoms with van der Waals surface area (Å²) in [4.78, 5) is 17.3. The van der Waals surface area contributed by atoms with Crippen LogP contribution in [0.4, 0.5) is 5.69 Å². The van der Waals surface area contributed by atoms with Crippen molar-refractivity contribution < 1.29 is 28.5 Å². The van der Waals surface area contributed by atoms with Gasteiger partial charge in [-0.25, -0.2) is 0 Å². The Bertz CT molecular complexity index is 595. The summed E-state index contributed by atoms with van der Waals surface area (Å²) in [7, 11) is 1.00. The van der Waals surface area contributed by atoms with Crippen LogP contribution in [0.25, 0.3) is 0 Å². The summed E-state index contributed by atoms with van der Waals surface area (Å²) in [6.07, 6.45) is 8.13. The number of anilines is 1. The number of Topliss-reactive ketones (excluding diaryl/α,β-unsaturated/α-hetero) is 1. The zero-order chi connectivity index (χ0) is 21.8. The summed E-state index contributed by atoms with van der Waals surface area (Å²) >= 11 is 6.61. The van der Waals surface area contributed by atoms with Crippen molar-refractivity contribution in [2.45, 2.75) is 48.5 Å². The molecule has 0 aliphatic rings. The average Bonchev–Trinajstić information content (AvgIpc) is 2.58. The third-order valence-corrected chi connectivity index (χ3v) is 3.00. The molecule has 2 aromatic heterocycles. The van der Waals surface area contributed by atoms with Gasteiger partial charge in [-0.2, -0.15) is 6.92 Å². The van der Waals surface area contributed by atoms with E-state index in [1.54, 1.807) is 25.4 Å². The Morgan fingerprint density at radius 2 is 1.41 bits per heavy atom. The van der Waals surface area contributed by atoms with E-state index in [1.807, 2.05) is 12.4 Å². The fourth-order valence-electron chi connectivity index (χ4n) is 1.47. The Labute approximate surface area is 206 Å². The number of nitrogens with zero attached hydrogens (tertiary/aromatic N) is 2. The first kappa shape index (κ1) is 38.8. The van der Waals surface area contributed by atoms with Gasteiger partial charge in [0.15, 0.2) is 0 Å². The van der Waals surface area contributed by atoms with Crippen LogP contribution in [0.2, 0.25) is 0 Å². The monoisotopic (exact) mass is 571 g/mol. The molecule has 0 saturated heterocycles. The van der Waals surface area contributed by atoms with Gasteiger partial charge in [-0.3, -0.25) is 9.97 Å². The zero-order valence-electron chi connectivity index (χ0n) is 17.5. The van der Waals surface area contributed by atoms with E-state index in [0.29, 0.717) is 11.6 Å². The molecule has 0 amide bonds. The van der Waals surface area contributed by atoms with Crippen LogP contribution in [0, 0.1) is 12.8 Å². The molecule has 0 bridgehead atoms. The summed E-state index contributed by atoms with van der Waals surface area (Å²) in [5.41, 5.74) is 7.35. The van der Waals surface area contributed by atoms with Gasteiger partial charge in [0.2, 0.25) is 0 Å². The first-order valence-corrected chi connectivity index (χ1v) is 9.87. The van der Waals surface area contributed by atoms with Gasteiger partial charge >= 0.3 is 0 Å². The molecule has 167 valence electrons. The van der Waals surface area contributed by atoms with Crippen LogP contribution >= 0.6 is 31.9 Å². The number of aromatic nitrogens is 2. The van der Waals surface area contributed by atoms with Crippen molar-refractivity contribution in [1.29, 1.82) is 0 Å². The number of carbonyl (C=O) groups is 1. The van der Waals surface area contributed by atoms with Gasteiger partial charge in [-0.15, -0.1) is 0 Å². The molecule has 0 saturated carbocycles. The number of carbonyl (C=O) groups excluding carboxylic acids is 1. The van der Waals surface area contributed by atoms with Gasteiger partial charge < -0.3 is 22.6 Å². The standard InChI is InChI=1S/C9H12BrN.C5H5BrN2.C3H6O.C2H5.CH4O.CH4.V/c1-7(2)3-8-4-9(10)6-11-5-8;6-4-1-5(7)3-8-2-4;1-3(2)4;2*1-2;;/h4-7H,3H2,1-2H3;1-3H,7H2;1-2H3;1H2,2H3;2H,1H3;1H4;/q;;;-1;;;. The van der Waals surface area contributed by atoms with Crippen molar-refractivity contribution in [2.75, 3.05) is 12.8 Å². The molecule has 1 radical (unpaired) electrons. The summed E-state index contributed by atoms with van der Waals surface area (Å²) in [5.74, 6) is 0.867. The SMILES string of the molecule is C.CC(C)=O.CC(C)Cc1cncc(Br)c1.CO.Nc1cncc(Br)c1.[CH2-]C.[V]. The van der Waals surface area contributed by atoms with E-state index in [0.717, 1.165) is 22.5 Å². The van der Waals surface area contributed by atoms with Crippen LogP contribution in [-0.2, 0) is 29.8 Å². The molecule has 0 fully saturated rings. The third-order valence-electron chi connectivity index (χ3n) is 2.13. The molecule has 3 N–H and O–H groups in total. The average molecular weight is 573 g/mol. The number of halogens is 2. The largest absolute Gasteiger partial charge is 0.400 e. The second-order valence-electron chi connectivity index (χ2n) is 5.45. The summed E-state index contributed by atoms with van der Waals surface area (Å²) in [6.45, 7) is 12.5. The van der Waals surface area contributed by atoms with Gasteiger partial charge in [-0.1, -0.05) is 21.3 Å². The second kappa shape index (κ2) is 27.3. The van der Waals surface area contributed by atoms with Crippen LogP contribution in [0.15, 0.2) is 45.9 Å². The van der Waals surface area contributed by atoms with Crippen LogP contribution in [0.5, 0.6) is 0 Å². The number of nitrogen functional groups attached to an aromatic ring is 1. The smallest absolute Gasteiger partial charge is 0.126 e. The van der Waals surface area contributed by atoms with Crippen molar-refractivity contribution in [3.8, 4) is 0 Å². The quantitative estimate of drug-likeness (QED) is 0.421. The normalized spacial score (nSPS) is 7.83. The summed E-state index contributed by atoms with van der Waals surface area (Å²) in [6, 6.07) is 3.92. The Morgan fingerprint density at radius 1 is 1.03 bits per heavy atom. The number of aliphatic hydroxyl groups is 1. The van der Waals surface area contributed by atoms with Gasteiger partial charge in [0.25, 0.3) is 0 Å². The third kappa shape index (κ3) is 32.2. The molecule has 0 aliphatic carbocycles. The molecule has 29 heavy (non-hydrogen) atoms. The topological polar surface area (TPSA) is 89.1 Å². The molecule has 0 aromatic carbocycles. The first-order valence-electron chi connectivity index (χ1n) is 8.28. The van der Waals surface area contributed by atoms with Gasteiger partial charge in [0.1, 0.15) is 5.78 Å². The van der Waals surface area contributed by atoms with Crippen molar-refractivity contribution in [3.63, 3.8) is 0 Å². The van der Waals surface area contributed by atoms with Crippen molar-refractivity contribution in [3.05, 3.63) is 58.4 Å². The first-order chi connectivity index (χ1) is 12.7. The fraction of sp³-hybridized carbons (Fsp3) is 0.429. The molecule has 8 heteroatoms. The molecule has 0 aliphatic heterocycles.